The van der Waals surface area contributed by atoms with Gasteiger partial charge in [0, 0.05) is 23.3 Å². The van der Waals surface area contributed by atoms with E-state index < -0.39 is 0 Å². The number of fused-ring (bicyclic) bond motifs is 3. The normalized spacial score (nSPS) is 11.1. The van der Waals surface area contributed by atoms with Gasteiger partial charge < -0.3 is 10.3 Å². The standard InChI is InChI=1S/C14H12N2O/c1-16-12-8-3-2-5-9(12)10-6-4-7-11(13(10)16)14(15)17/h2-8H,1H3,(H2,15,17). The fourth-order valence-corrected chi connectivity index (χ4v) is 2.44. The number of aromatic nitrogens is 1. The van der Waals surface area contributed by atoms with E-state index in [-0.39, 0.29) is 5.91 Å². The van der Waals surface area contributed by atoms with Crippen molar-refractivity contribution in [2.45, 2.75) is 0 Å². The van der Waals surface area contributed by atoms with Gasteiger partial charge >= 0.3 is 0 Å². The predicted molar refractivity (Wildman–Crippen MR) is 68.9 cm³/mol. The summed E-state index contributed by atoms with van der Waals surface area (Å²) in [6, 6.07) is 13.7. The Kier molecular flexibility index (Phi) is 1.95. The van der Waals surface area contributed by atoms with Crippen molar-refractivity contribution in [2.24, 2.45) is 12.8 Å². The number of nitrogens with zero attached hydrogens (tertiary/aromatic N) is 1. The predicted octanol–water partition coefficient (Wildman–Crippen LogP) is 2.43. The molecule has 0 radical (unpaired) electrons. The number of carbonyl (C=O) groups excluding carboxylic acids is 1. The van der Waals surface area contributed by atoms with Crippen LogP contribution in [0.2, 0.25) is 0 Å². The second kappa shape index (κ2) is 3.35. The molecule has 1 aromatic heterocycles. The number of benzene rings is 2. The van der Waals surface area contributed by atoms with Gasteiger partial charge in [0.25, 0.3) is 5.91 Å². The van der Waals surface area contributed by atoms with E-state index >= 15 is 0 Å². The van der Waals surface area contributed by atoms with Crippen LogP contribution in [-0.4, -0.2) is 10.5 Å². The Hall–Kier alpha value is -2.29. The average molecular weight is 224 g/mol. The van der Waals surface area contributed by atoms with Gasteiger partial charge in [0.2, 0.25) is 0 Å². The number of aryl methyl sites for hydroxylation is 1. The summed E-state index contributed by atoms with van der Waals surface area (Å²) in [7, 11) is 1.96. The lowest BCUT2D eigenvalue weighted by Crippen LogP contribution is -2.12. The van der Waals surface area contributed by atoms with Gasteiger partial charge in [-0.25, -0.2) is 0 Å². The van der Waals surface area contributed by atoms with Gasteiger partial charge in [-0.15, -0.1) is 0 Å². The molecule has 0 bridgehead atoms. The Bertz CT molecular complexity index is 740. The van der Waals surface area contributed by atoms with E-state index in [0.29, 0.717) is 5.56 Å². The molecule has 0 saturated carbocycles. The van der Waals surface area contributed by atoms with Gasteiger partial charge in [0.05, 0.1) is 11.1 Å². The van der Waals surface area contributed by atoms with Crippen LogP contribution < -0.4 is 5.73 Å². The van der Waals surface area contributed by atoms with E-state index in [9.17, 15) is 4.79 Å². The summed E-state index contributed by atoms with van der Waals surface area (Å²) in [6.07, 6.45) is 0. The molecule has 1 amide bonds. The molecule has 3 aromatic rings. The van der Waals surface area contributed by atoms with Crippen LogP contribution in [0.1, 0.15) is 10.4 Å². The van der Waals surface area contributed by atoms with Crippen LogP contribution in [0.25, 0.3) is 21.8 Å². The molecule has 3 heteroatoms. The van der Waals surface area contributed by atoms with E-state index in [1.165, 1.54) is 0 Å². The number of primary amides is 1. The van der Waals surface area contributed by atoms with Gasteiger partial charge in [-0.2, -0.15) is 0 Å². The zero-order valence-corrected chi connectivity index (χ0v) is 9.47. The van der Waals surface area contributed by atoms with Gasteiger partial charge in [0.1, 0.15) is 0 Å². The summed E-state index contributed by atoms with van der Waals surface area (Å²) in [5.41, 5.74) is 8.00. The Morgan fingerprint density at radius 1 is 1.06 bits per heavy atom. The first-order chi connectivity index (χ1) is 8.20. The Labute approximate surface area is 98.4 Å². The Morgan fingerprint density at radius 2 is 1.76 bits per heavy atom. The number of nitrogens with two attached hydrogens (primary N) is 1. The van der Waals surface area contributed by atoms with Gasteiger partial charge in [-0.3, -0.25) is 4.79 Å². The molecule has 17 heavy (non-hydrogen) atoms. The molecule has 3 nitrogen and oxygen atoms in total. The van der Waals surface area contributed by atoms with E-state index in [1.54, 1.807) is 6.07 Å². The van der Waals surface area contributed by atoms with Gasteiger partial charge in [-0.05, 0) is 12.1 Å². The first-order valence-corrected chi connectivity index (χ1v) is 5.46. The average Bonchev–Trinajstić information content (AvgIpc) is 2.64. The van der Waals surface area contributed by atoms with Crippen molar-refractivity contribution >= 4 is 27.7 Å². The molecular weight excluding hydrogens is 212 g/mol. The van der Waals surface area contributed by atoms with Crippen LogP contribution in [-0.2, 0) is 7.05 Å². The third kappa shape index (κ3) is 1.25. The monoisotopic (exact) mass is 224 g/mol. The molecule has 1 heterocycles. The molecule has 0 aliphatic rings. The van der Waals surface area contributed by atoms with E-state index in [4.69, 9.17) is 5.73 Å². The van der Waals surface area contributed by atoms with Crippen LogP contribution >= 0.6 is 0 Å². The van der Waals surface area contributed by atoms with Crippen LogP contribution in [0.3, 0.4) is 0 Å². The Balaban J connectivity index is 2.61. The number of hydrogen-bond donors (Lipinski definition) is 1. The fraction of sp³-hybridized carbons (Fsp3) is 0.0714. The maximum atomic E-state index is 11.5. The first kappa shape index (κ1) is 9.90. The van der Waals surface area contributed by atoms with Crippen LogP contribution in [0.4, 0.5) is 0 Å². The first-order valence-electron chi connectivity index (χ1n) is 5.46. The quantitative estimate of drug-likeness (QED) is 0.678. The van der Waals surface area contributed by atoms with Gasteiger partial charge in [0.15, 0.2) is 0 Å². The van der Waals surface area contributed by atoms with Crippen molar-refractivity contribution in [3.05, 3.63) is 48.0 Å². The molecule has 0 fully saturated rings. The minimum atomic E-state index is -0.387. The summed E-state index contributed by atoms with van der Waals surface area (Å²) >= 11 is 0. The summed E-state index contributed by atoms with van der Waals surface area (Å²) < 4.78 is 2.02. The van der Waals surface area contributed by atoms with Crippen LogP contribution in [0, 0.1) is 0 Å². The fourth-order valence-electron chi connectivity index (χ4n) is 2.44. The maximum absolute atomic E-state index is 11.5. The van der Waals surface area contributed by atoms with E-state index in [2.05, 4.69) is 6.07 Å². The molecule has 0 aliphatic heterocycles. The minimum absolute atomic E-state index is 0.387. The largest absolute Gasteiger partial charge is 0.366 e. The summed E-state index contributed by atoms with van der Waals surface area (Å²) in [5, 5.41) is 2.22. The molecule has 2 N–H and O–H groups in total. The van der Waals surface area contributed by atoms with Crippen molar-refractivity contribution in [1.82, 2.24) is 4.57 Å². The third-order valence-corrected chi connectivity index (χ3v) is 3.19. The zero-order valence-electron chi connectivity index (χ0n) is 9.47. The number of carbonyl (C=O) groups is 1. The molecule has 84 valence electrons. The van der Waals surface area contributed by atoms with Crippen molar-refractivity contribution in [2.75, 3.05) is 0 Å². The van der Waals surface area contributed by atoms with Crippen molar-refractivity contribution < 1.29 is 4.79 Å². The lowest BCUT2D eigenvalue weighted by atomic mass is 10.1. The summed E-state index contributed by atoms with van der Waals surface area (Å²) in [4.78, 5) is 11.5. The highest BCUT2D eigenvalue weighted by Crippen LogP contribution is 2.29. The highest BCUT2D eigenvalue weighted by Gasteiger charge is 2.13. The molecule has 0 saturated heterocycles. The summed E-state index contributed by atoms with van der Waals surface area (Å²) in [5.74, 6) is -0.387. The zero-order chi connectivity index (χ0) is 12.0. The lowest BCUT2D eigenvalue weighted by molar-refractivity contribution is 0.100. The second-order valence-corrected chi connectivity index (χ2v) is 4.14. The number of amides is 1. The lowest BCUT2D eigenvalue weighted by Gasteiger charge is -2.02. The molecular formula is C14H12N2O. The SMILES string of the molecule is Cn1c2ccccc2c2cccc(C(N)=O)c21. The van der Waals surface area contributed by atoms with Gasteiger partial charge in [-0.1, -0.05) is 30.3 Å². The van der Waals surface area contributed by atoms with E-state index in [0.717, 1.165) is 21.8 Å². The molecule has 0 spiro atoms. The molecule has 3 rings (SSSR count). The maximum Gasteiger partial charge on any atom is 0.250 e. The minimum Gasteiger partial charge on any atom is -0.366 e. The number of para-hydroxylation sites is 2. The molecule has 2 aromatic carbocycles. The van der Waals surface area contributed by atoms with E-state index in [1.807, 2.05) is 41.9 Å². The molecule has 0 atom stereocenters. The van der Waals surface area contributed by atoms with Crippen molar-refractivity contribution in [1.29, 1.82) is 0 Å². The smallest absolute Gasteiger partial charge is 0.250 e. The van der Waals surface area contributed by atoms with Crippen LogP contribution in [0.5, 0.6) is 0 Å². The second-order valence-electron chi connectivity index (χ2n) is 4.14. The van der Waals surface area contributed by atoms with Crippen LogP contribution in [0.15, 0.2) is 42.5 Å². The Morgan fingerprint density at radius 3 is 2.53 bits per heavy atom. The molecule has 0 unspecified atom stereocenters. The highest BCUT2D eigenvalue weighted by atomic mass is 16.1. The molecule has 0 aliphatic carbocycles. The topological polar surface area (TPSA) is 48.0 Å². The number of rotatable bonds is 1. The third-order valence-electron chi connectivity index (χ3n) is 3.19. The highest BCUT2D eigenvalue weighted by molar-refractivity contribution is 6.15. The van der Waals surface area contributed by atoms with Crippen molar-refractivity contribution in [3.8, 4) is 0 Å². The number of hydrogen-bond acceptors (Lipinski definition) is 1. The summed E-state index contributed by atoms with van der Waals surface area (Å²) in [6.45, 7) is 0. The van der Waals surface area contributed by atoms with Crippen molar-refractivity contribution in [3.63, 3.8) is 0 Å².